The zero-order valence-electron chi connectivity index (χ0n) is 12.2. The van der Waals surface area contributed by atoms with E-state index in [1.165, 1.54) is 20.3 Å². The molecule has 0 aliphatic rings. The molecule has 2 rings (SSSR count). The molecule has 0 radical (unpaired) electrons. The van der Waals surface area contributed by atoms with Gasteiger partial charge >= 0.3 is 0 Å². The highest BCUT2D eigenvalue weighted by molar-refractivity contribution is 5.67. The number of hydrogen-bond donors (Lipinski definition) is 2. The summed E-state index contributed by atoms with van der Waals surface area (Å²) in [5.74, 6) is 0.920. The molecule has 0 spiro atoms. The van der Waals surface area contributed by atoms with E-state index in [2.05, 4.69) is 10.2 Å². The molecule has 4 N–H and O–H groups in total. The third-order valence-corrected chi connectivity index (χ3v) is 2.94. The number of ether oxygens (including phenoxy) is 2. The van der Waals surface area contributed by atoms with Crippen molar-refractivity contribution in [2.75, 3.05) is 25.7 Å². The first-order valence-corrected chi connectivity index (χ1v) is 6.32. The summed E-state index contributed by atoms with van der Waals surface area (Å²) in [6.07, 6.45) is 0. The van der Waals surface area contributed by atoms with Crippen LogP contribution in [0.4, 0.5) is 22.7 Å². The maximum atomic E-state index is 9.09. The van der Waals surface area contributed by atoms with Crippen molar-refractivity contribution in [1.82, 2.24) is 0 Å². The highest BCUT2D eigenvalue weighted by atomic mass is 16.5. The van der Waals surface area contributed by atoms with Crippen LogP contribution in [0, 0.1) is 11.3 Å². The molecule has 0 fully saturated rings. The number of nitrogens with two attached hydrogens (primary N) is 2. The molecule has 7 heteroatoms. The Hall–Kier alpha value is -3.27. The fourth-order valence-electron chi connectivity index (χ4n) is 1.82. The van der Waals surface area contributed by atoms with Gasteiger partial charge in [0, 0.05) is 17.8 Å². The summed E-state index contributed by atoms with van der Waals surface area (Å²) in [6, 6.07) is 10.0. The van der Waals surface area contributed by atoms with Crippen LogP contribution in [0.15, 0.2) is 40.6 Å². The molecule has 0 bridgehead atoms. The smallest absolute Gasteiger partial charge is 0.148 e. The normalized spacial score (nSPS) is 10.4. The maximum absolute atomic E-state index is 9.09. The number of hydrogen-bond acceptors (Lipinski definition) is 7. The van der Waals surface area contributed by atoms with Crippen molar-refractivity contribution in [3.63, 3.8) is 0 Å². The van der Waals surface area contributed by atoms with Gasteiger partial charge in [0.15, 0.2) is 0 Å². The first-order chi connectivity index (χ1) is 10.6. The van der Waals surface area contributed by atoms with Crippen LogP contribution in [0.1, 0.15) is 5.56 Å². The molecule has 0 saturated carbocycles. The Morgan fingerprint density at radius 2 is 1.64 bits per heavy atom. The van der Waals surface area contributed by atoms with Gasteiger partial charge in [-0.3, -0.25) is 0 Å². The van der Waals surface area contributed by atoms with Gasteiger partial charge in [-0.2, -0.15) is 5.26 Å². The van der Waals surface area contributed by atoms with Crippen LogP contribution in [-0.2, 0) is 0 Å². The van der Waals surface area contributed by atoms with Gasteiger partial charge in [-0.15, -0.1) is 10.2 Å². The predicted molar refractivity (Wildman–Crippen MR) is 83.7 cm³/mol. The Labute approximate surface area is 127 Å². The lowest BCUT2D eigenvalue weighted by molar-refractivity contribution is 0.406. The Kier molecular flexibility index (Phi) is 4.44. The summed E-state index contributed by atoms with van der Waals surface area (Å²) in [5, 5.41) is 17.3. The molecule has 0 heterocycles. The number of nitrogens with zero attached hydrogens (tertiary/aromatic N) is 3. The van der Waals surface area contributed by atoms with E-state index < -0.39 is 0 Å². The minimum atomic E-state index is 0.338. The molecule has 0 amide bonds. The standard InChI is InChI=1S/C15H15N5O2/c1-21-14-7-13(15(22-2)6-11(14)18)20-19-12-4-3-10(17)5-9(12)8-16/h3-7H,17-18H2,1-2H3. The molecule has 0 aromatic heterocycles. The lowest BCUT2D eigenvalue weighted by Crippen LogP contribution is -1.94. The number of benzene rings is 2. The lowest BCUT2D eigenvalue weighted by Gasteiger charge is -2.09. The van der Waals surface area contributed by atoms with E-state index in [0.717, 1.165) is 0 Å². The third-order valence-electron chi connectivity index (χ3n) is 2.94. The number of nitrogen functional groups attached to an aromatic ring is 2. The zero-order chi connectivity index (χ0) is 16.1. The largest absolute Gasteiger partial charge is 0.495 e. The topological polar surface area (TPSA) is 119 Å². The SMILES string of the molecule is COc1cc(N=Nc2ccc(N)cc2C#N)c(OC)cc1N. The summed E-state index contributed by atoms with van der Waals surface area (Å²) in [6.45, 7) is 0. The highest BCUT2D eigenvalue weighted by Gasteiger charge is 2.09. The van der Waals surface area contributed by atoms with Gasteiger partial charge in [0.05, 0.1) is 25.5 Å². The average molecular weight is 297 g/mol. The van der Waals surface area contributed by atoms with Gasteiger partial charge in [0.1, 0.15) is 28.9 Å². The van der Waals surface area contributed by atoms with Crippen LogP contribution in [0.3, 0.4) is 0 Å². The minimum Gasteiger partial charge on any atom is -0.495 e. The fourth-order valence-corrected chi connectivity index (χ4v) is 1.82. The van der Waals surface area contributed by atoms with Crippen LogP contribution >= 0.6 is 0 Å². The van der Waals surface area contributed by atoms with Crippen molar-refractivity contribution in [2.45, 2.75) is 0 Å². The Morgan fingerprint density at radius 3 is 2.27 bits per heavy atom. The van der Waals surface area contributed by atoms with Gasteiger partial charge in [-0.1, -0.05) is 0 Å². The minimum absolute atomic E-state index is 0.338. The molecule has 0 unspecified atom stereocenters. The van der Waals surface area contributed by atoms with Crippen molar-refractivity contribution in [2.24, 2.45) is 10.2 Å². The monoisotopic (exact) mass is 297 g/mol. The summed E-state index contributed by atoms with van der Waals surface area (Å²) >= 11 is 0. The van der Waals surface area contributed by atoms with E-state index in [1.54, 1.807) is 24.3 Å². The molecule has 2 aromatic rings. The van der Waals surface area contributed by atoms with Gasteiger partial charge in [-0.05, 0) is 18.2 Å². The molecule has 0 saturated heterocycles. The zero-order valence-corrected chi connectivity index (χ0v) is 12.2. The van der Waals surface area contributed by atoms with Crippen molar-refractivity contribution in [3.05, 3.63) is 35.9 Å². The second-order valence-corrected chi connectivity index (χ2v) is 4.35. The molecular formula is C15H15N5O2. The maximum Gasteiger partial charge on any atom is 0.148 e. The van der Waals surface area contributed by atoms with Gasteiger partial charge in [0.25, 0.3) is 0 Å². The molecular weight excluding hydrogens is 282 g/mol. The van der Waals surface area contributed by atoms with Crippen molar-refractivity contribution in [1.29, 1.82) is 5.26 Å². The number of azo groups is 1. The van der Waals surface area contributed by atoms with Crippen molar-refractivity contribution in [3.8, 4) is 17.6 Å². The summed E-state index contributed by atoms with van der Waals surface area (Å²) in [5.41, 5.74) is 13.6. The quantitative estimate of drug-likeness (QED) is 0.663. The summed E-state index contributed by atoms with van der Waals surface area (Å²) < 4.78 is 10.4. The van der Waals surface area contributed by atoms with Gasteiger partial charge in [-0.25, -0.2) is 0 Å². The number of rotatable bonds is 4. The van der Waals surface area contributed by atoms with Crippen LogP contribution in [0.5, 0.6) is 11.5 Å². The average Bonchev–Trinajstić information content (AvgIpc) is 2.53. The highest BCUT2D eigenvalue weighted by Crippen LogP contribution is 2.37. The van der Waals surface area contributed by atoms with E-state index in [0.29, 0.717) is 39.8 Å². The Bertz CT molecular complexity index is 765. The first kappa shape index (κ1) is 15.1. The molecule has 0 aliphatic carbocycles. The number of nitriles is 1. The van der Waals surface area contributed by atoms with E-state index in [4.69, 9.17) is 26.2 Å². The number of anilines is 2. The van der Waals surface area contributed by atoms with Crippen LogP contribution in [0.2, 0.25) is 0 Å². The second-order valence-electron chi connectivity index (χ2n) is 4.35. The number of methoxy groups -OCH3 is 2. The van der Waals surface area contributed by atoms with Gasteiger partial charge < -0.3 is 20.9 Å². The molecule has 22 heavy (non-hydrogen) atoms. The predicted octanol–water partition coefficient (Wildman–Crippen LogP) is 3.16. The van der Waals surface area contributed by atoms with E-state index in [1.807, 2.05) is 6.07 Å². The van der Waals surface area contributed by atoms with E-state index >= 15 is 0 Å². The Morgan fingerprint density at radius 1 is 0.955 bits per heavy atom. The molecule has 0 atom stereocenters. The van der Waals surface area contributed by atoms with Crippen LogP contribution in [-0.4, -0.2) is 14.2 Å². The third kappa shape index (κ3) is 3.07. The second kappa shape index (κ2) is 6.45. The molecule has 2 aromatic carbocycles. The molecule has 7 nitrogen and oxygen atoms in total. The fraction of sp³-hybridized carbons (Fsp3) is 0.133. The van der Waals surface area contributed by atoms with E-state index in [-0.39, 0.29) is 0 Å². The Balaban J connectivity index is 2.44. The summed E-state index contributed by atoms with van der Waals surface area (Å²) in [7, 11) is 3.01. The van der Waals surface area contributed by atoms with Gasteiger partial charge in [0.2, 0.25) is 0 Å². The van der Waals surface area contributed by atoms with Crippen LogP contribution in [0.25, 0.3) is 0 Å². The molecule has 0 aliphatic heterocycles. The van der Waals surface area contributed by atoms with Crippen molar-refractivity contribution < 1.29 is 9.47 Å². The van der Waals surface area contributed by atoms with Crippen molar-refractivity contribution >= 4 is 22.7 Å². The molecule has 112 valence electrons. The summed E-state index contributed by atoms with van der Waals surface area (Å²) in [4.78, 5) is 0. The van der Waals surface area contributed by atoms with E-state index in [9.17, 15) is 0 Å². The van der Waals surface area contributed by atoms with Crippen LogP contribution < -0.4 is 20.9 Å². The first-order valence-electron chi connectivity index (χ1n) is 6.32. The lowest BCUT2D eigenvalue weighted by atomic mass is 10.2.